The van der Waals surface area contributed by atoms with Gasteiger partial charge in [0.15, 0.2) is 0 Å². The Balaban J connectivity index is 3.66. The fourth-order valence-corrected chi connectivity index (χ4v) is 1.28. The summed E-state index contributed by atoms with van der Waals surface area (Å²) in [7, 11) is 0. The quantitative estimate of drug-likeness (QED) is 0.340. The molecular weight excluding hydrogens is 238 g/mol. The van der Waals surface area contributed by atoms with Crippen LogP contribution < -0.4 is 0 Å². The molecule has 0 aliphatic heterocycles. The molecule has 7 heteroatoms. The molecule has 0 atom stereocenters. The molecule has 18 heavy (non-hydrogen) atoms. The fraction of sp³-hybridized carbons (Fsp3) is 0.727. The summed E-state index contributed by atoms with van der Waals surface area (Å²) in [5.74, 6) is -0.420. The summed E-state index contributed by atoms with van der Waals surface area (Å²) in [5, 5.41) is 11.7. The highest BCUT2D eigenvalue weighted by Crippen LogP contribution is 2.03. The van der Waals surface area contributed by atoms with Gasteiger partial charge in [-0.1, -0.05) is 5.11 Å². The Hall–Kier alpha value is -1.72. The molecule has 7 nitrogen and oxygen atoms in total. The van der Waals surface area contributed by atoms with Crippen LogP contribution in [0.4, 0.5) is 0 Å². The lowest BCUT2D eigenvalue weighted by molar-refractivity contribution is -0.126. The molecule has 0 saturated heterocycles. The van der Waals surface area contributed by atoms with Gasteiger partial charge in [-0.2, -0.15) is 0 Å². The number of nitrogens with zero attached hydrogens (tertiary/aromatic N) is 3. The smallest absolute Gasteiger partial charge is 0.135 e. The van der Waals surface area contributed by atoms with E-state index in [1.165, 1.54) is 0 Å². The summed E-state index contributed by atoms with van der Waals surface area (Å²) in [6.45, 7) is -0.0938. The minimum absolute atomic E-state index is 0.0678. The second kappa shape index (κ2) is 10.4. The van der Waals surface area contributed by atoms with Gasteiger partial charge in [-0.25, -0.2) is 0 Å². The first-order valence-electron chi connectivity index (χ1n) is 5.77. The standard InChI is InChI=1S/C11H17N3O4/c12-14-13-7-5-10(17)3-1-9(16)2-4-11(18)6-8-15/h15H,1-8H2. The van der Waals surface area contributed by atoms with Crippen molar-refractivity contribution in [2.75, 3.05) is 13.2 Å². The van der Waals surface area contributed by atoms with E-state index >= 15 is 0 Å². The van der Waals surface area contributed by atoms with Crippen LogP contribution in [0, 0.1) is 0 Å². The van der Waals surface area contributed by atoms with Crippen molar-refractivity contribution in [3.63, 3.8) is 0 Å². The van der Waals surface area contributed by atoms with Crippen LogP contribution >= 0.6 is 0 Å². The summed E-state index contributed by atoms with van der Waals surface area (Å²) < 4.78 is 0. The molecule has 0 amide bonds. The molecule has 0 aliphatic rings. The lowest BCUT2D eigenvalue weighted by Crippen LogP contribution is -2.08. The van der Waals surface area contributed by atoms with Crippen molar-refractivity contribution in [3.8, 4) is 0 Å². The average Bonchev–Trinajstić information content (AvgIpc) is 2.34. The van der Waals surface area contributed by atoms with Crippen LogP contribution in [0.15, 0.2) is 5.11 Å². The lowest BCUT2D eigenvalue weighted by atomic mass is 10.0. The van der Waals surface area contributed by atoms with E-state index in [4.69, 9.17) is 10.6 Å². The zero-order valence-electron chi connectivity index (χ0n) is 10.2. The van der Waals surface area contributed by atoms with E-state index in [0.29, 0.717) is 0 Å². The topological polar surface area (TPSA) is 120 Å². The molecule has 0 aromatic rings. The highest BCUT2D eigenvalue weighted by molar-refractivity contribution is 5.89. The van der Waals surface area contributed by atoms with Crippen molar-refractivity contribution in [2.45, 2.75) is 38.5 Å². The monoisotopic (exact) mass is 255 g/mol. The molecule has 100 valence electrons. The van der Waals surface area contributed by atoms with Gasteiger partial charge in [-0.05, 0) is 5.53 Å². The van der Waals surface area contributed by atoms with Gasteiger partial charge in [0.05, 0.1) is 0 Å². The van der Waals surface area contributed by atoms with E-state index in [1.54, 1.807) is 0 Å². The van der Waals surface area contributed by atoms with Crippen LogP contribution in [-0.4, -0.2) is 35.6 Å². The van der Waals surface area contributed by atoms with Gasteiger partial charge in [0.2, 0.25) is 0 Å². The number of carbonyl (C=O) groups is 3. The van der Waals surface area contributed by atoms with Crippen molar-refractivity contribution in [1.82, 2.24) is 0 Å². The van der Waals surface area contributed by atoms with Crippen molar-refractivity contribution < 1.29 is 19.5 Å². The van der Waals surface area contributed by atoms with Crippen LogP contribution in [0.3, 0.4) is 0 Å². The third-order valence-corrected chi connectivity index (χ3v) is 2.31. The molecule has 0 aliphatic carbocycles. The first-order valence-corrected chi connectivity index (χ1v) is 5.77. The first-order chi connectivity index (χ1) is 8.60. The van der Waals surface area contributed by atoms with Gasteiger partial charge in [0.1, 0.15) is 17.3 Å². The second-order valence-electron chi connectivity index (χ2n) is 3.79. The number of carbonyl (C=O) groups excluding carboxylic acids is 3. The predicted molar refractivity (Wildman–Crippen MR) is 63.8 cm³/mol. The number of hydrogen-bond donors (Lipinski definition) is 1. The van der Waals surface area contributed by atoms with Crippen LogP contribution in [0.25, 0.3) is 10.4 Å². The lowest BCUT2D eigenvalue weighted by Gasteiger charge is -2.00. The third-order valence-electron chi connectivity index (χ3n) is 2.31. The Morgan fingerprint density at radius 2 is 1.33 bits per heavy atom. The molecule has 0 aromatic carbocycles. The van der Waals surface area contributed by atoms with Crippen molar-refractivity contribution in [2.24, 2.45) is 5.11 Å². The summed E-state index contributed by atoms with van der Waals surface area (Å²) >= 11 is 0. The van der Waals surface area contributed by atoms with Crippen molar-refractivity contribution in [1.29, 1.82) is 0 Å². The van der Waals surface area contributed by atoms with E-state index in [0.717, 1.165) is 0 Å². The molecule has 0 bridgehead atoms. The Morgan fingerprint density at radius 1 is 0.889 bits per heavy atom. The number of Topliss-reactive ketones (excluding diaryl/α,β-unsaturated/α-hetero) is 3. The normalized spacial score (nSPS) is 9.61. The van der Waals surface area contributed by atoms with E-state index in [1.807, 2.05) is 0 Å². The minimum Gasteiger partial charge on any atom is -0.396 e. The summed E-state index contributed by atoms with van der Waals surface area (Å²) in [5.41, 5.74) is 8.01. The van der Waals surface area contributed by atoms with Gasteiger partial charge < -0.3 is 5.11 Å². The molecule has 0 spiro atoms. The molecular formula is C11H17N3O4. The van der Waals surface area contributed by atoms with Crippen LogP contribution in [0.1, 0.15) is 38.5 Å². The molecule has 0 heterocycles. The van der Waals surface area contributed by atoms with Crippen LogP contribution in [0.2, 0.25) is 0 Å². The molecule has 0 radical (unpaired) electrons. The summed E-state index contributed by atoms with van der Waals surface area (Å²) in [6.07, 6.45) is 0.670. The molecule has 0 unspecified atom stereocenters. The molecule has 0 rings (SSSR count). The fourth-order valence-electron chi connectivity index (χ4n) is 1.28. The zero-order valence-corrected chi connectivity index (χ0v) is 10.2. The minimum atomic E-state index is -0.203. The van der Waals surface area contributed by atoms with E-state index in [2.05, 4.69) is 10.0 Å². The van der Waals surface area contributed by atoms with E-state index in [-0.39, 0.29) is 69.0 Å². The number of aliphatic hydroxyl groups is 1. The molecule has 0 aromatic heterocycles. The Bertz CT molecular complexity index is 348. The second-order valence-corrected chi connectivity index (χ2v) is 3.79. The maximum atomic E-state index is 11.3. The predicted octanol–water partition coefficient (Wildman–Crippen LogP) is 1.34. The first kappa shape index (κ1) is 16.3. The number of hydrogen-bond acceptors (Lipinski definition) is 5. The number of ketones is 3. The number of azide groups is 1. The average molecular weight is 255 g/mol. The maximum Gasteiger partial charge on any atom is 0.135 e. The highest BCUT2D eigenvalue weighted by Gasteiger charge is 2.09. The number of aliphatic hydroxyl groups excluding tert-OH is 1. The van der Waals surface area contributed by atoms with Crippen LogP contribution in [0.5, 0.6) is 0 Å². The highest BCUT2D eigenvalue weighted by atomic mass is 16.3. The van der Waals surface area contributed by atoms with Crippen molar-refractivity contribution in [3.05, 3.63) is 10.4 Å². The van der Waals surface area contributed by atoms with Gasteiger partial charge in [-0.15, -0.1) is 0 Å². The third kappa shape index (κ3) is 9.50. The van der Waals surface area contributed by atoms with E-state index in [9.17, 15) is 14.4 Å². The van der Waals surface area contributed by atoms with Crippen molar-refractivity contribution >= 4 is 17.3 Å². The van der Waals surface area contributed by atoms with Gasteiger partial charge in [0.25, 0.3) is 0 Å². The molecule has 1 N–H and O–H groups in total. The summed E-state index contributed by atoms with van der Waals surface area (Å²) in [6, 6.07) is 0. The molecule has 0 saturated carbocycles. The van der Waals surface area contributed by atoms with Crippen LogP contribution in [-0.2, 0) is 14.4 Å². The Morgan fingerprint density at radius 3 is 1.78 bits per heavy atom. The Kier molecular flexibility index (Phi) is 9.44. The van der Waals surface area contributed by atoms with Gasteiger partial charge in [0, 0.05) is 56.6 Å². The largest absolute Gasteiger partial charge is 0.396 e. The SMILES string of the molecule is [N-]=[N+]=NCCC(=O)CCC(=O)CCC(=O)CCO. The van der Waals surface area contributed by atoms with Gasteiger partial charge in [-0.3, -0.25) is 14.4 Å². The molecule has 0 fully saturated rings. The zero-order chi connectivity index (χ0) is 13.8. The maximum absolute atomic E-state index is 11.3. The summed E-state index contributed by atoms with van der Waals surface area (Å²) in [4.78, 5) is 36.1. The number of rotatable bonds is 11. The van der Waals surface area contributed by atoms with Gasteiger partial charge >= 0.3 is 0 Å². The Labute approximate surface area is 105 Å². The van der Waals surface area contributed by atoms with E-state index < -0.39 is 0 Å².